The minimum Gasteiger partial charge on any atom is -0.484 e. The zero-order chi connectivity index (χ0) is 17.1. The van der Waals surface area contributed by atoms with Crippen molar-refractivity contribution in [2.45, 2.75) is 6.54 Å². The number of aromatic amines is 1. The van der Waals surface area contributed by atoms with E-state index in [9.17, 15) is 4.79 Å². The zero-order valence-corrected chi connectivity index (χ0v) is 13.7. The molecule has 124 valence electrons. The van der Waals surface area contributed by atoms with Crippen LogP contribution in [-0.2, 0) is 11.3 Å². The fourth-order valence-corrected chi connectivity index (χ4v) is 2.92. The van der Waals surface area contributed by atoms with Crippen LogP contribution in [0.5, 0.6) is 5.75 Å². The van der Waals surface area contributed by atoms with Gasteiger partial charge in [-0.05, 0) is 23.8 Å². The van der Waals surface area contributed by atoms with Gasteiger partial charge in [-0.1, -0.05) is 48.5 Å². The summed E-state index contributed by atoms with van der Waals surface area (Å²) in [6.45, 7) is 0.503. The monoisotopic (exact) mass is 330 g/mol. The number of fused-ring (bicyclic) bond motifs is 3. The molecule has 0 unspecified atom stereocenters. The Hall–Kier alpha value is -3.27. The van der Waals surface area contributed by atoms with Crippen molar-refractivity contribution >= 4 is 27.7 Å². The van der Waals surface area contributed by atoms with E-state index in [-0.39, 0.29) is 12.5 Å². The summed E-state index contributed by atoms with van der Waals surface area (Å²) < 4.78 is 5.63. The first-order chi connectivity index (χ1) is 12.3. The van der Waals surface area contributed by atoms with Gasteiger partial charge in [0.2, 0.25) is 0 Å². The Bertz CT molecular complexity index is 1020. The number of hydrogen-bond acceptors (Lipinski definition) is 2. The second-order valence-electron chi connectivity index (χ2n) is 5.93. The second-order valence-corrected chi connectivity index (χ2v) is 5.93. The molecule has 0 spiro atoms. The summed E-state index contributed by atoms with van der Waals surface area (Å²) in [7, 11) is 0. The summed E-state index contributed by atoms with van der Waals surface area (Å²) in [5.41, 5.74) is 3.16. The largest absolute Gasteiger partial charge is 0.484 e. The van der Waals surface area contributed by atoms with Crippen LogP contribution in [0.4, 0.5) is 0 Å². The lowest BCUT2D eigenvalue weighted by Crippen LogP contribution is -2.28. The fourth-order valence-electron chi connectivity index (χ4n) is 2.92. The molecule has 0 saturated carbocycles. The lowest BCUT2D eigenvalue weighted by atomic mass is 10.1. The normalized spacial score (nSPS) is 10.9. The molecular weight excluding hydrogens is 312 g/mol. The van der Waals surface area contributed by atoms with Crippen molar-refractivity contribution in [3.8, 4) is 5.75 Å². The maximum absolute atomic E-state index is 12.0. The van der Waals surface area contributed by atoms with E-state index in [0.29, 0.717) is 12.3 Å². The molecule has 0 bridgehead atoms. The summed E-state index contributed by atoms with van der Waals surface area (Å²) in [4.78, 5) is 15.3. The van der Waals surface area contributed by atoms with Crippen LogP contribution in [0, 0.1) is 0 Å². The van der Waals surface area contributed by atoms with Gasteiger partial charge >= 0.3 is 0 Å². The Morgan fingerprint density at radius 1 is 0.880 bits per heavy atom. The van der Waals surface area contributed by atoms with Gasteiger partial charge in [-0.25, -0.2) is 0 Å². The molecule has 0 fully saturated rings. The highest BCUT2D eigenvalue weighted by molar-refractivity contribution is 6.07. The highest BCUT2D eigenvalue weighted by atomic mass is 16.5. The first-order valence-electron chi connectivity index (χ1n) is 8.23. The van der Waals surface area contributed by atoms with E-state index in [2.05, 4.69) is 16.4 Å². The van der Waals surface area contributed by atoms with Gasteiger partial charge in [0.25, 0.3) is 5.91 Å². The lowest BCUT2D eigenvalue weighted by Gasteiger charge is -2.08. The summed E-state index contributed by atoms with van der Waals surface area (Å²) >= 11 is 0. The lowest BCUT2D eigenvalue weighted by molar-refractivity contribution is -0.123. The molecule has 25 heavy (non-hydrogen) atoms. The Kier molecular flexibility index (Phi) is 4.09. The SMILES string of the molecule is O=C(COc1ccc2c(c1)[nH]c1ccccc12)NCc1ccccc1. The van der Waals surface area contributed by atoms with E-state index in [0.717, 1.165) is 22.0 Å². The predicted octanol–water partition coefficient (Wildman–Crippen LogP) is 4.02. The number of hydrogen-bond donors (Lipinski definition) is 2. The van der Waals surface area contributed by atoms with Crippen molar-refractivity contribution in [3.05, 3.63) is 78.4 Å². The molecule has 2 N–H and O–H groups in total. The number of carbonyl (C=O) groups excluding carboxylic acids is 1. The maximum atomic E-state index is 12.0. The quantitative estimate of drug-likeness (QED) is 0.581. The van der Waals surface area contributed by atoms with Crippen LogP contribution in [0.15, 0.2) is 72.8 Å². The summed E-state index contributed by atoms with van der Waals surface area (Å²) in [6, 6.07) is 23.8. The third kappa shape index (κ3) is 3.33. The van der Waals surface area contributed by atoms with Crippen LogP contribution in [-0.4, -0.2) is 17.5 Å². The van der Waals surface area contributed by atoms with Crippen LogP contribution in [0.2, 0.25) is 0 Å². The summed E-state index contributed by atoms with van der Waals surface area (Å²) in [6.07, 6.45) is 0. The Morgan fingerprint density at radius 3 is 2.52 bits per heavy atom. The Balaban J connectivity index is 1.40. The van der Waals surface area contributed by atoms with Gasteiger partial charge < -0.3 is 15.0 Å². The Morgan fingerprint density at radius 2 is 1.64 bits per heavy atom. The van der Waals surface area contributed by atoms with E-state index < -0.39 is 0 Å². The molecule has 0 saturated heterocycles. The third-order valence-electron chi connectivity index (χ3n) is 4.18. The topological polar surface area (TPSA) is 54.1 Å². The molecule has 4 heteroatoms. The number of amides is 1. The van der Waals surface area contributed by atoms with Gasteiger partial charge in [0.05, 0.1) is 5.52 Å². The van der Waals surface area contributed by atoms with Crippen LogP contribution in [0.1, 0.15) is 5.56 Å². The van der Waals surface area contributed by atoms with Gasteiger partial charge in [-0.3, -0.25) is 4.79 Å². The van der Waals surface area contributed by atoms with Crippen LogP contribution >= 0.6 is 0 Å². The van der Waals surface area contributed by atoms with Crippen molar-refractivity contribution in [2.75, 3.05) is 6.61 Å². The van der Waals surface area contributed by atoms with E-state index in [1.54, 1.807) is 0 Å². The summed E-state index contributed by atoms with van der Waals surface area (Å²) in [5.74, 6) is 0.537. The van der Waals surface area contributed by atoms with E-state index >= 15 is 0 Å². The molecule has 0 radical (unpaired) electrons. The van der Waals surface area contributed by atoms with Gasteiger partial charge in [0.1, 0.15) is 5.75 Å². The van der Waals surface area contributed by atoms with Crippen molar-refractivity contribution in [1.29, 1.82) is 0 Å². The molecule has 4 aromatic rings. The molecule has 0 aliphatic heterocycles. The number of carbonyl (C=O) groups is 1. The van der Waals surface area contributed by atoms with Crippen molar-refractivity contribution in [1.82, 2.24) is 10.3 Å². The standard InChI is InChI=1S/C21H18N2O2/c24-21(22-13-15-6-2-1-3-7-15)14-25-16-10-11-18-17-8-4-5-9-19(17)23-20(18)12-16/h1-12,23H,13-14H2,(H,22,24). The highest BCUT2D eigenvalue weighted by Gasteiger charge is 2.07. The molecule has 4 rings (SSSR count). The van der Waals surface area contributed by atoms with Gasteiger partial charge in [-0.2, -0.15) is 0 Å². The number of benzene rings is 3. The molecule has 0 aliphatic carbocycles. The first-order valence-corrected chi connectivity index (χ1v) is 8.23. The number of nitrogens with one attached hydrogen (secondary N) is 2. The number of H-pyrrole nitrogens is 1. The summed E-state index contributed by atoms with van der Waals surface area (Å²) in [5, 5.41) is 5.19. The van der Waals surface area contributed by atoms with Crippen LogP contribution in [0.25, 0.3) is 21.8 Å². The average molecular weight is 330 g/mol. The van der Waals surface area contributed by atoms with E-state index in [1.807, 2.05) is 66.7 Å². The number of para-hydroxylation sites is 1. The van der Waals surface area contributed by atoms with E-state index in [4.69, 9.17) is 4.74 Å². The molecule has 1 aromatic heterocycles. The van der Waals surface area contributed by atoms with Crippen molar-refractivity contribution < 1.29 is 9.53 Å². The number of aromatic nitrogens is 1. The second kappa shape index (κ2) is 6.69. The molecule has 1 amide bonds. The minimum absolute atomic E-state index is 0.00142. The van der Waals surface area contributed by atoms with Gasteiger partial charge in [0.15, 0.2) is 6.61 Å². The van der Waals surface area contributed by atoms with Gasteiger partial charge in [-0.15, -0.1) is 0 Å². The smallest absolute Gasteiger partial charge is 0.258 e. The zero-order valence-electron chi connectivity index (χ0n) is 13.7. The molecule has 1 heterocycles. The number of rotatable bonds is 5. The molecule has 0 atom stereocenters. The third-order valence-corrected chi connectivity index (χ3v) is 4.18. The van der Waals surface area contributed by atoms with Crippen LogP contribution < -0.4 is 10.1 Å². The average Bonchev–Trinajstić information content (AvgIpc) is 3.03. The molecule has 3 aromatic carbocycles. The molecular formula is C21H18N2O2. The van der Waals surface area contributed by atoms with Crippen molar-refractivity contribution in [2.24, 2.45) is 0 Å². The van der Waals surface area contributed by atoms with Gasteiger partial charge in [0, 0.05) is 28.9 Å². The minimum atomic E-state index is -0.138. The Labute approximate surface area is 145 Å². The highest BCUT2D eigenvalue weighted by Crippen LogP contribution is 2.28. The molecule has 0 aliphatic rings. The van der Waals surface area contributed by atoms with E-state index in [1.165, 1.54) is 5.39 Å². The maximum Gasteiger partial charge on any atom is 0.258 e. The van der Waals surface area contributed by atoms with Crippen molar-refractivity contribution in [3.63, 3.8) is 0 Å². The number of ether oxygens (including phenoxy) is 1. The fraction of sp³-hybridized carbons (Fsp3) is 0.0952. The first kappa shape index (κ1) is 15.3. The molecule has 4 nitrogen and oxygen atoms in total. The predicted molar refractivity (Wildman–Crippen MR) is 99.6 cm³/mol. The van der Waals surface area contributed by atoms with Crippen LogP contribution in [0.3, 0.4) is 0 Å².